The monoisotopic (exact) mass is 270 g/mol. The Hall–Kier alpha value is -1.57. The lowest BCUT2D eigenvalue weighted by Gasteiger charge is -2.07. The molecule has 0 amide bonds. The summed E-state index contributed by atoms with van der Waals surface area (Å²) in [6.07, 6.45) is 2.13. The van der Waals surface area contributed by atoms with E-state index in [1.165, 1.54) is 44.9 Å². The van der Waals surface area contributed by atoms with Crippen LogP contribution in [0.3, 0.4) is 0 Å². The molecule has 0 radical (unpaired) electrons. The van der Waals surface area contributed by atoms with Crippen molar-refractivity contribution in [2.75, 3.05) is 0 Å². The van der Waals surface area contributed by atoms with Crippen LogP contribution in [0.2, 0.25) is 0 Å². The molecule has 108 valence electrons. The summed E-state index contributed by atoms with van der Waals surface area (Å²) in [7, 11) is 0. The van der Waals surface area contributed by atoms with E-state index in [1.807, 2.05) is 0 Å². The molecule has 0 aliphatic carbocycles. The Morgan fingerprint density at radius 3 is 2.15 bits per heavy atom. The van der Waals surface area contributed by atoms with Crippen molar-refractivity contribution in [2.45, 2.75) is 61.3 Å². The molecule has 0 atom stereocenters. The average molecular weight is 270 g/mol. The van der Waals surface area contributed by atoms with Crippen molar-refractivity contribution < 1.29 is 0 Å². The van der Waals surface area contributed by atoms with Gasteiger partial charge in [0, 0.05) is 17.1 Å². The number of nitrogens with one attached hydrogen (secondary N) is 1. The zero-order chi connectivity index (χ0) is 15.0. The number of aliphatic imine (C=N–C) groups is 1. The first-order valence-corrected chi connectivity index (χ1v) is 7.57. The van der Waals surface area contributed by atoms with Crippen LogP contribution < -0.4 is 0 Å². The first-order valence-electron chi connectivity index (χ1n) is 7.57. The minimum atomic E-state index is 1.06. The Bertz CT molecular complexity index is 637. The standard InChI is InChI=1S/C18H26N2/c1-8-15-10(3)17(19-13(15)6)12(5)18-11(4)16(9-2)14(7)20-18/h19H,8-9H2,1-7H3. The van der Waals surface area contributed by atoms with Gasteiger partial charge in [0.25, 0.3) is 0 Å². The van der Waals surface area contributed by atoms with Crippen molar-refractivity contribution in [3.8, 4) is 0 Å². The second kappa shape index (κ2) is 5.43. The Labute approximate surface area is 122 Å². The summed E-state index contributed by atoms with van der Waals surface area (Å²) in [5.74, 6) is 0. The zero-order valence-corrected chi connectivity index (χ0v) is 13.9. The summed E-state index contributed by atoms with van der Waals surface area (Å²) in [5, 5.41) is 0. The van der Waals surface area contributed by atoms with E-state index >= 15 is 0 Å². The molecular weight excluding hydrogens is 244 g/mol. The van der Waals surface area contributed by atoms with Gasteiger partial charge in [-0.15, -0.1) is 0 Å². The Balaban J connectivity index is 2.60. The van der Waals surface area contributed by atoms with Gasteiger partial charge in [-0.25, -0.2) is 0 Å². The van der Waals surface area contributed by atoms with E-state index in [2.05, 4.69) is 53.5 Å². The smallest absolute Gasteiger partial charge is 0.0715 e. The third-order valence-electron chi connectivity index (χ3n) is 4.55. The summed E-state index contributed by atoms with van der Waals surface area (Å²) >= 11 is 0. The SMILES string of the molecule is CCC1=C(C)C(=C(C)c2[nH]c(C)c(CC)c2C)N=C1C. The van der Waals surface area contributed by atoms with Gasteiger partial charge in [-0.1, -0.05) is 13.8 Å². The molecule has 0 saturated carbocycles. The third-order valence-corrected chi connectivity index (χ3v) is 4.55. The molecule has 0 bridgehead atoms. The molecule has 2 heteroatoms. The predicted molar refractivity (Wildman–Crippen MR) is 88.3 cm³/mol. The molecule has 1 aliphatic rings. The van der Waals surface area contributed by atoms with Gasteiger partial charge in [0.2, 0.25) is 0 Å². The molecule has 0 fully saturated rings. The van der Waals surface area contributed by atoms with E-state index in [9.17, 15) is 0 Å². The van der Waals surface area contributed by atoms with E-state index in [4.69, 9.17) is 4.99 Å². The fourth-order valence-electron chi connectivity index (χ4n) is 3.43. The zero-order valence-electron chi connectivity index (χ0n) is 13.9. The minimum absolute atomic E-state index is 1.06. The molecule has 2 rings (SSSR count). The topological polar surface area (TPSA) is 28.1 Å². The van der Waals surface area contributed by atoms with Crippen molar-refractivity contribution in [3.63, 3.8) is 0 Å². The van der Waals surface area contributed by atoms with Crippen LogP contribution in [-0.2, 0) is 6.42 Å². The number of aromatic nitrogens is 1. The number of rotatable bonds is 3. The van der Waals surface area contributed by atoms with E-state index in [0.29, 0.717) is 0 Å². The lowest BCUT2D eigenvalue weighted by molar-refractivity contribution is 1.08. The summed E-state index contributed by atoms with van der Waals surface area (Å²) in [4.78, 5) is 8.37. The average Bonchev–Trinajstić information content (AvgIpc) is 2.85. The molecule has 1 aliphatic heterocycles. The lowest BCUT2D eigenvalue weighted by atomic mass is 9.99. The maximum absolute atomic E-state index is 4.81. The molecule has 0 spiro atoms. The van der Waals surface area contributed by atoms with Gasteiger partial charge in [-0.05, 0) is 75.3 Å². The molecule has 0 aromatic carbocycles. The van der Waals surface area contributed by atoms with Crippen LogP contribution in [0.25, 0.3) is 5.57 Å². The number of allylic oxidation sites excluding steroid dienone is 3. The number of aromatic amines is 1. The van der Waals surface area contributed by atoms with Crippen molar-refractivity contribution in [2.24, 2.45) is 4.99 Å². The van der Waals surface area contributed by atoms with Crippen LogP contribution in [0.4, 0.5) is 0 Å². The van der Waals surface area contributed by atoms with Gasteiger partial charge in [0.05, 0.1) is 5.70 Å². The minimum Gasteiger partial charge on any atom is -0.358 e. The van der Waals surface area contributed by atoms with Crippen molar-refractivity contribution >= 4 is 11.3 Å². The summed E-state index contributed by atoms with van der Waals surface area (Å²) in [6, 6.07) is 0. The number of hydrogen-bond acceptors (Lipinski definition) is 1. The Morgan fingerprint density at radius 1 is 1.05 bits per heavy atom. The Morgan fingerprint density at radius 2 is 1.70 bits per heavy atom. The third kappa shape index (κ3) is 2.17. The molecule has 20 heavy (non-hydrogen) atoms. The lowest BCUT2D eigenvalue weighted by Crippen LogP contribution is -1.92. The van der Waals surface area contributed by atoms with Crippen LogP contribution >= 0.6 is 0 Å². The maximum atomic E-state index is 4.81. The molecule has 1 N–H and O–H groups in total. The van der Waals surface area contributed by atoms with Gasteiger partial charge < -0.3 is 4.98 Å². The Kier molecular flexibility index (Phi) is 4.03. The van der Waals surface area contributed by atoms with Crippen molar-refractivity contribution in [1.29, 1.82) is 0 Å². The van der Waals surface area contributed by atoms with Crippen molar-refractivity contribution in [1.82, 2.24) is 4.98 Å². The van der Waals surface area contributed by atoms with Crippen molar-refractivity contribution in [3.05, 3.63) is 39.4 Å². The highest BCUT2D eigenvalue weighted by Crippen LogP contribution is 2.34. The molecule has 2 heterocycles. The van der Waals surface area contributed by atoms with E-state index < -0.39 is 0 Å². The largest absolute Gasteiger partial charge is 0.358 e. The first-order chi connectivity index (χ1) is 9.42. The maximum Gasteiger partial charge on any atom is 0.0715 e. The number of nitrogens with zero attached hydrogens (tertiary/aromatic N) is 1. The second-order valence-electron chi connectivity index (χ2n) is 5.71. The van der Waals surface area contributed by atoms with Crippen LogP contribution in [0.15, 0.2) is 21.8 Å². The van der Waals surface area contributed by atoms with Crippen LogP contribution in [-0.4, -0.2) is 10.7 Å². The summed E-state index contributed by atoms with van der Waals surface area (Å²) < 4.78 is 0. The molecule has 2 nitrogen and oxygen atoms in total. The normalized spacial score (nSPS) is 17.9. The van der Waals surface area contributed by atoms with Crippen LogP contribution in [0.5, 0.6) is 0 Å². The highest BCUT2D eigenvalue weighted by Gasteiger charge is 2.20. The molecule has 1 aromatic rings. The second-order valence-corrected chi connectivity index (χ2v) is 5.71. The first kappa shape index (κ1) is 14.8. The van der Waals surface area contributed by atoms with Gasteiger partial charge in [-0.3, -0.25) is 4.99 Å². The summed E-state index contributed by atoms with van der Waals surface area (Å²) in [5.41, 5.74) is 11.7. The molecule has 1 aromatic heterocycles. The predicted octanol–water partition coefficient (Wildman–Crippen LogP) is 5.13. The molecule has 0 saturated heterocycles. The number of H-pyrrole nitrogens is 1. The van der Waals surface area contributed by atoms with E-state index in [1.54, 1.807) is 0 Å². The highest BCUT2D eigenvalue weighted by molar-refractivity contribution is 6.04. The van der Waals surface area contributed by atoms with E-state index in [-0.39, 0.29) is 0 Å². The fraction of sp³-hybridized carbons (Fsp3) is 0.500. The fourth-order valence-corrected chi connectivity index (χ4v) is 3.43. The van der Waals surface area contributed by atoms with Gasteiger partial charge in [-0.2, -0.15) is 0 Å². The van der Waals surface area contributed by atoms with Crippen LogP contribution in [0, 0.1) is 13.8 Å². The van der Waals surface area contributed by atoms with Gasteiger partial charge in [0.1, 0.15) is 0 Å². The van der Waals surface area contributed by atoms with E-state index in [0.717, 1.165) is 18.5 Å². The molecular formula is C18H26N2. The highest BCUT2D eigenvalue weighted by atomic mass is 14.8. The quantitative estimate of drug-likeness (QED) is 0.789. The van der Waals surface area contributed by atoms with Crippen LogP contribution in [0.1, 0.15) is 63.6 Å². The van der Waals surface area contributed by atoms with Gasteiger partial charge in [0.15, 0.2) is 0 Å². The summed E-state index contributed by atoms with van der Waals surface area (Å²) in [6.45, 7) is 15.3. The number of hydrogen-bond donors (Lipinski definition) is 1. The number of aryl methyl sites for hydroxylation is 1. The molecule has 0 unspecified atom stereocenters. The van der Waals surface area contributed by atoms with Gasteiger partial charge >= 0.3 is 0 Å².